The minimum absolute atomic E-state index is 0.606. The van der Waals surface area contributed by atoms with Gasteiger partial charge in [0.25, 0.3) is 0 Å². The Balaban J connectivity index is 4.02. The monoisotopic (exact) mass is 180 g/mol. The van der Waals surface area contributed by atoms with Crippen LogP contribution in [0.3, 0.4) is 0 Å². The summed E-state index contributed by atoms with van der Waals surface area (Å²) in [5.41, 5.74) is 1.49. The predicted octanol–water partition coefficient (Wildman–Crippen LogP) is 4.58. The van der Waals surface area contributed by atoms with Crippen LogP contribution in [0.5, 0.6) is 0 Å². The van der Waals surface area contributed by atoms with E-state index in [9.17, 15) is 0 Å². The second-order valence-corrected chi connectivity index (χ2v) is 4.16. The van der Waals surface area contributed by atoms with Gasteiger partial charge in [-0.05, 0) is 25.2 Å². The van der Waals surface area contributed by atoms with Crippen molar-refractivity contribution in [3.8, 4) is 0 Å². The van der Waals surface area contributed by atoms with Crippen molar-refractivity contribution in [2.24, 2.45) is 11.8 Å². The third kappa shape index (κ3) is 6.62. The number of hydrogen-bond acceptors (Lipinski definition) is 0. The van der Waals surface area contributed by atoms with Gasteiger partial charge in [-0.3, -0.25) is 0 Å². The Hall–Kier alpha value is -0.520. The summed E-state index contributed by atoms with van der Waals surface area (Å²) in [5, 5.41) is 0. The van der Waals surface area contributed by atoms with Crippen molar-refractivity contribution in [2.75, 3.05) is 0 Å². The molecule has 0 nitrogen and oxygen atoms in total. The van der Waals surface area contributed by atoms with Crippen LogP contribution in [0.4, 0.5) is 0 Å². The summed E-state index contributed by atoms with van der Waals surface area (Å²) in [4.78, 5) is 0. The van der Waals surface area contributed by atoms with Crippen LogP contribution in [-0.4, -0.2) is 0 Å². The Morgan fingerprint density at radius 1 is 1.23 bits per heavy atom. The van der Waals surface area contributed by atoms with Gasteiger partial charge in [0.15, 0.2) is 0 Å². The second kappa shape index (κ2) is 6.94. The van der Waals surface area contributed by atoms with E-state index in [4.69, 9.17) is 0 Å². The van der Waals surface area contributed by atoms with E-state index in [-0.39, 0.29) is 0 Å². The molecule has 0 amide bonds. The lowest BCUT2D eigenvalue weighted by Gasteiger charge is -2.08. The maximum absolute atomic E-state index is 2.35. The molecule has 0 aliphatic carbocycles. The van der Waals surface area contributed by atoms with E-state index in [1.165, 1.54) is 18.4 Å². The molecule has 0 bridgehead atoms. The zero-order chi connectivity index (χ0) is 10.3. The quantitative estimate of drug-likeness (QED) is 0.543. The molecule has 0 aromatic rings. The number of hydrogen-bond donors (Lipinski definition) is 0. The van der Waals surface area contributed by atoms with Crippen molar-refractivity contribution in [2.45, 2.75) is 47.5 Å². The van der Waals surface area contributed by atoms with Gasteiger partial charge in [0.1, 0.15) is 0 Å². The van der Waals surface area contributed by atoms with Crippen LogP contribution in [0.15, 0.2) is 23.8 Å². The van der Waals surface area contributed by atoms with E-state index >= 15 is 0 Å². The van der Waals surface area contributed by atoms with Crippen molar-refractivity contribution in [3.05, 3.63) is 23.8 Å². The molecule has 0 heterocycles. The van der Waals surface area contributed by atoms with E-state index in [0.29, 0.717) is 11.8 Å². The first kappa shape index (κ1) is 12.5. The zero-order valence-electron chi connectivity index (χ0n) is 9.80. The summed E-state index contributed by atoms with van der Waals surface area (Å²) in [6.07, 6.45) is 9.41. The van der Waals surface area contributed by atoms with Crippen LogP contribution < -0.4 is 0 Å². The Morgan fingerprint density at radius 2 is 1.85 bits per heavy atom. The highest BCUT2D eigenvalue weighted by Crippen LogP contribution is 2.14. The summed E-state index contributed by atoms with van der Waals surface area (Å²) < 4.78 is 0. The highest BCUT2D eigenvalue weighted by atomic mass is 14.0. The predicted molar refractivity (Wildman–Crippen MR) is 61.8 cm³/mol. The first-order valence-electron chi connectivity index (χ1n) is 5.42. The van der Waals surface area contributed by atoms with Gasteiger partial charge in [-0.2, -0.15) is 0 Å². The fraction of sp³-hybridized carbons (Fsp3) is 0.692. The van der Waals surface area contributed by atoms with Gasteiger partial charge >= 0.3 is 0 Å². The minimum atomic E-state index is 0.606. The van der Waals surface area contributed by atoms with E-state index in [2.05, 4.69) is 52.8 Å². The van der Waals surface area contributed by atoms with Crippen molar-refractivity contribution < 1.29 is 0 Å². The summed E-state index contributed by atoms with van der Waals surface area (Å²) in [5.74, 6) is 1.27. The molecule has 0 N–H and O–H groups in total. The molecule has 1 unspecified atom stereocenters. The lowest BCUT2D eigenvalue weighted by molar-refractivity contribution is 0.775. The van der Waals surface area contributed by atoms with Crippen LogP contribution in [-0.2, 0) is 0 Å². The van der Waals surface area contributed by atoms with E-state index in [1.807, 2.05) is 0 Å². The molecule has 0 aromatic heterocycles. The third-order valence-electron chi connectivity index (χ3n) is 2.19. The maximum Gasteiger partial charge on any atom is -0.00543 e. The highest BCUT2D eigenvalue weighted by molar-refractivity contribution is 5.10. The lowest BCUT2D eigenvalue weighted by Crippen LogP contribution is -1.93. The van der Waals surface area contributed by atoms with Crippen molar-refractivity contribution in [3.63, 3.8) is 0 Å². The Labute approximate surface area is 83.7 Å². The number of allylic oxidation sites excluding steroid dienone is 4. The highest BCUT2D eigenvalue weighted by Gasteiger charge is 1.99. The van der Waals surface area contributed by atoms with Crippen molar-refractivity contribution in [1.82, 2.24) is 0 Å². The van der Waals surface area contributed by atoms with Crippen molar-refractivity contribution in [1.29, 1.82) is 0 Å². The molecule has 0 spiro atoms. The van der Waals surface area contributed by atoms with Crippen LogP contribution in [0.1, 0.15) is 47.5 Å². The van der Waals surface area contributed by atoms with Gasteiger partial charge < -0.3 is 0 Å². The van der Waals surface area contributed by atoms with Gasteiger partial charge in [-0.25, -0.2) is 0 Å². The average molecular weight is 180 g/mol. The molecular weight excluding hydrogens is 156 g/mol. The molecule has 0 radical (unpaired) electrons. The molecule has 0 saturated carbocycles. The summed E-state index contributed by atoms with van der Waals surface area (Å²) in [6.45, 7) is 11.2. The third-order valence-corrected chi connectivity index (χ3v) is 2.19. The smallest absolute Gasteiger partial charge is 0.00543 e. The molecule has 0 aliphatic heterocycles. The van der Waals surface area contributed by atoms with E-state index in [1.54, 1.807) is 0 Å². The zero-order valence-corrected chi connectivity index (χ0v) is 9.80. The maximum atomic E-state index is 2.35. The standard InChI is InChI=1S/C13H24/c1-6-7-8-9-12(4)13(5)10-11(2)3/h8-12H,6-7H2,1-5H3. The Morgan fingerprint density at radius 3 is 2.31 bits per heavy atom. The van der Waals surface area contributed by atoms with E-state index in [0.717, 1.165) is 0 Å². The molecular formula is C13H24. The fourth-order valence-electron chi connectivity index (χ4n) is 1.30. The number of rotatable bonds is 5. The topological polar surface area (TPSA) is 0 Å². The van der Waals surface area contributed by atoms with Crippen LogP contribution in [0, 0.1) is 11.8 Å². The SMILES string of the molecule is CCCC=CC(C)C(C)=CC(C)C. The Bertz CT molecular complexity index is 172. The van der Waals surface area contributed by atoms with Gasteiger partial charge in [-0.15, -0.1) is 0 Å². The molecule has 1 atom stereocenters. The lowest BCUT2D eigenvalue weighted by atomic mass is 9.98. The fourth-order valence-corrected chi connectivity index (χ4v) is 1.30. The normalized spacial score (nSPS) is 15.7. The second-order valence-electron chi connectivity index (χ2n) is 4.16. The average Bonchev–Trinajstić information content (AvgIpc) is 2.03. The summed E-state index contributed by atoms with van der Waals surface area (Å²) >= 11 is 0. The first-order chi connectivity index (χ1) is 6.07. The largest absolute Gasteiger partial charge is 0.0880 e. The van der Waals surface area contributed by atoms with E-state index < -0.39 is 0 Å². The number of unbranched alkanes of at least 4 members (excludes halogenated alkanes) is 1. The van der Waals surface area contributed by atoms with Gasteiger partial charge in [0.2, 0.25) is 0 Å². The Kier molecular flexibility index (Phi) is 6.66. The summed E-state index contributed by atoms with van der Waals surface area (Å²) in [6, 6.07) is 0. The van der Waals surface area contributed by atoms with Gasteiger partial charge in [-0.1, -0.05) is 57.9 Å². The summed E-state index contributed by atoms with van der Waals surface area (Å²) in [7, 11) is 0. The molecule has 76 valence electrons. The first-order valence-corrected chi connectivity index (χ1v) is 5.42. The van der Waals surface area contributed by atoms with Crippen LogP contribution in [0.2, 0.25) is 0 Å². The minimum Gasteiger partial charge on any atom is -0.0880 e. The molecule has 0 fully saturated rings. The van der Waals surface area contributed by atoms with Crippen LogP contribution >= 0.6 is 0 Å². The molecule has 0 saturated heterocycles. The van der Waals surface area contributed by atoms with Gasteiger partial charge in [0, 0.05) is 0 Å². The molecule has 0 aliphatic rings. The molecule has 13 heavy (non-hydrogen) atoms. The molecule has 0 rings (SSSR count). The van der Waals surface area contributed by atoms with Gasteiger partial charge in [0.05, 0.1) is 0 Å². The molecule has 0 heteroatoms. The van der Waals surface area contributed by atoms with Crippen LogP contribution in [0.25, 0.3) is 0 Å². The molecule has 0 aromatic carbocycles. The van der Waals surface area contributed by atoms with Crippen molar-refractivity contribution >= 4 is 0 Å².